The van der Waals surface area contributed by atoms with Crippen LogP contribution in [0, 0.1) is 0 Å². The highest BCUT2D eigenvalue weighted by Crippen LogP contribution is 2.07. The van der Waals surface area contributed by atoms with E-state index in [0.29, 0.717) is 5.69 Å². The molecule has 12 heavy (non-hydrogen) atoms. The van der Waals surface area contributed by atoms with E-state index in [1.165, 1.54) is 0 Å². The first kappa shape index (κ1) is 8.52. The monoisotopic (exact) mass is 165 g/mol. The molecule has 0 saturated heterocycles. The van der Waals surface area contributed by atoms with Gasteiger partial charge in [-0.15, -0.1) is 0 Å². The Morgan fingerprint density at radius 1 is 1.67 bits per heavy atom. The minimum atomic E-state index is -0.565. The van der Waals surface area contributed by atoms with Crippen LogP contribution in [0.25, 0.3) is 0 Å². The molecule has 0 radical (unpaired) electrons. The predicted octanol–water partition coefficient (Wildman–Crippen LogP) is 1.13. The summed E-state index contributed by atoms with van der Waals surface area (Å²) in [4.78, 5) is 14.4. The van der Waals surface area contributed by atoms with Crippen molar-refractivity contribution in [3.8, 4) is 0 Å². The quantitative estimate of drug-likeness (QED) is 0.689. The number of pyridine rings is 1. The van der Waals surface area contributed by atoms with E-state index in [1.54, 1.807) is 12.4 Å². The molecule has 3 N–H and O–H groups in total. The van der Waals surface area contributed by atoms with Gasteiger partial charge in [-0.05, 0) is 18.1 Å². The van der Waals surface area contributed by atoms with Crippen LogP contribution in [0.2, 0.25) is 0 Å². The maximum atomic E-state index is 10.5. The Labute approximate surface area is 70.8 Å². The Balaban J connectivity index is 2.79. The van der Waals surface area contributed by atoms with Gasteiger partial charge in [0.2, 0.25) is 0 Å². The zero-order chi connectivity index (χ0) is 8.97. The molecule has 2 amide bonds. The van der Waals surface area contributed by atoms with Crippen LogP contribution in [0.3, 0.4) is 0 Å². The van der Waals surface area contributed by atoms with Gasteiger partial charge in [0, 0.05) is 6.20 Å². The zero-order valence-corrected chi connectivity index (χ0v) is 6.87. The number of nitrogens with one attached hydrogen (secondary N) is 1. The number of carbonyl (C=O) groups excluding carboxylic acids is 1. The van der Waals surface area contributed by atoms with E-state index in [-0.39, 0.29) is 0 Å². The number of hydrogen-bond acceptors (Lipinski definition) is 2. The van der Waals surface area contributed by atoms with Gasteiger partial charge in [0.1, 0.15) is 0 Å². The number of aryl methyl sites for hydroxylation is 1. The minimum absolute atomic E-state index is 0.565. The minimum Gasteiger partial charge on any atom is -0.351 e. The second-order valence-electron chi connectivity index (χ2n) is 2.42. The third-order valence-corrected chi connectivity index (χ3v) is 1.47. The molecule has 1 rings (SSSR count). The van der Waals surface area contributed by atoms with Gasteiger partial charge in [-0.3, -0.25) is 4.98 Å². The van der Waals surface area contributed by atoms with Gasteiger partial charge in [-0.1, -0.05) is 6.92 Å². The molecule has 0 aromatic carbocycles. The molecule has 0 fully saturated rings. The fourth-order valence-electron chi connectivity index (χ4n) is 0.892. The van der Waals surface area contributed by atoms with Crippen LogP contribution in [-0.4, -0.2) is 11.0 Å². The molecule has 0 aliphatic heterocycles. The molecule has 0 saturated carbocycles. The number of nitrogens with zero attached hydrogens (tertiary/aromatic N) is 1. The second-order valence-corrected chi connectivity index (χ2v) is 2.42. The number of hydrogen-bond donors (Lipinski definition) is 2. The first-order chi connectivity index (χ1) is 5.72. The summed E-state index contributed by atoms with van der Waals surface area (Å²) in [7, 11) is 0. The summed E-state index contributed by atoms with van der Waals surface area (Å²) in [6.07, 6.45) is 4.21. The third kappa shape index (κ3) is 2.23. The van der Waals surface area contributed by atoms with Gasteiger partial charge >= 0.3 is 6.03 Å². The van der Waals surface area contributed by atoms with E-state index >= 15 is 0 Å². The van der Waals surface area contributed by atoms with Gasteiger partial charge in [-0.2, -0.15) is 0 Å². The highest BCUT2D eigenvalue weighted by atomic mass is 16.2. The average Bonchev–Trinajstić information content (AvgIpc) is 2.03. The van der Waals surface area contributed by atoms with Crippen LogP contribution in [0.4, 0.5) is 10.5 Å². The van der Waals surface area contributed by atoms with Crippen molar-refractivity contribution in [2.24, 2.45) is 5.73 Å². The lowest BCUT2D eigenvalue weighted by Gasteiger charge is -2.01. The largest absolute Gasteiger partial charge is 0.351 e. The van der Waals surface area contributed by atoms with Gasteiger partial charge in [0.05, 0.1) is 11.9 Å². The molecule has 1 heterocycles. The molecule has 64 valence electrons. The van der Waals surface area contributed by atoms with Crippen molar-refractivity contribution in [3.63, 3.8) is 0 Å². The van der Waals surface area contributed by atoms with Crippen LogP contribution in [0.5, 0.6) is 0 Å². The molecular weight excluding hydrogens is 154 g/mol. The molecule has 0 aliphatic rings. The maximum Gasteiger partial charge on any atom is 0.316 e. The van der Waals surface area contributed by atoms with Crippen LogP contribution < -0.4 is 11.1 Å². The Morgan fingerprint density at radius 3 is 3.00 bits per heavy atom. The molecular formula is C8H11N3O. The summed E-state index contributed by atoms with van der Waals surface area (Å²) in [5, 5.41) is 2.46. The second kappa shape index (κ2) is 3.71. The lowest BCUT2D eigenvalue weighted by molar-refractivity contribution is 0.259. The smallest absolute Gasteiger partial charge is 0.316 e. The first-order valence-electron chi connectivity index (χ1n) is 3.72. The molecule has 0 spiro atoms. The standard InChI is InChI=1S/C8H11N3O/c1-2-6-3-7(5-10-4-6)11-8(9)12/h3-5H,2H2,1H3,(H3,9,11,12). The molecule has 4 nitrogen and oxygen atoms in total. The summed E-state index contributed by atoms with van der Waals surface area (Å²) in [6.45, 7) is 2.02. The fraction of sp³-hybridized carbons (Fsp3) is 0.250. The summed E-state index contributed by atoms with van der Waals surface area (Å²) < 4.78 is 0. The molecule has 1 aromatic rings. The molecule has 0 bridgehead atoms. The lowest BCUT2D eigenvalue weighted by Crippen LogP contribution is -2.19. The number of rotatable bonds is 2. The maximum absolute atomic E-state index is 10.5. The summed E-state index contributed by atoms with van der Waals surface area (Å²) >= 11 is 0. The van der Waals surface area contributed by atoms with Crippen molar-refractivity contribution in [2.45, 2.75) is 13.3 Å². The molecule has 4 heteroatoms. The summed E-state index contributed by atoms with van der Waals surface area (Å²) in [5.74, 6) is 0. The van der Waals surface area contributed by atoms with Crippen molar-refractivity contribution >= 4 is 11.7 Å². The van der Waals surface area contributed by atoms with Crippen LogP contribution in [0.15, 0.2) is 18.5 Å². The van der Waals surface area contributed by atoms with E-state index in [4.69, 9.17) is 5.73 Å². The van der Waals surface area contributed by atoms with Crippen LogP contribution in [-0.2, 0) is 6.42 Å². The number of nitrogens with two attached hydrogens (primary N) is 1. The van der Waals surface area contributed by atoms with Crippen molar-refractivity contribution in [2.75, 3.05) is 5.32 Å². The van der Waals surface area contributed by atoms with Gasteiger partial charge in [0.25, 0.3) is 0 Å². The highest BCUT2D eigenvalue weighted by Gasteiger charge is 1.96. The number of urea groups is 1. The fourth-order valence-corrected chi connectivity index (χ4v) is 0.892. The van der Waals surface area contributed by atoms with E-state index < -0.39 is 6.03 Å². The van der Waals surface area contributed by atoms with Gasteiger partial charge in [0.15, 0.2) is 0 Å². The van der Waals surface area contributed by atoms with Crippen molar-refractivity contribution in [1.29, 1.82) is 0 Å². The number of primary amides is 1. The van der Waals surface area contributed by atoms with E-state index in [0.717, 1.165) is 12.0 Å². The number of amides is 2. The molecule has 0 unspecified atom stereocenters. The van der Waals surface area contributed by atoms with Gasteiger partial charge < -0.3 is 11.1 Å². The van der Waals surface area contributed by atoms with E-state index in [9.17, 15) is 4.79 Å². The first-order valence-corrected chi connectivity index (χ1v) is 3.72. The Hall–Kier alpha value is -1.58. The van der Waals surface area contributed by atoms with E-state index in [1.807, 2.05) is 13.0 Å². The highest BCUT2D eigenvalue weighted by molar-refractivity contribution is 5.87. The number of aromatic nitrogens is 1. The average molecular weight is 165 g/mol. The Bertz CT molecular complexity index is 285. The normalized spacial score (nSPS) is 9.42. The molecule has 0 atom stereocenters. The van der Waals surface area contributed by atoms with Gasteiger partial charge in [-0.25, -0.2) is 4.79 Å². The third-order valence-electron chi connectivity index (χ3n) is 1.47. The summed E-state index contributed by atoms with van der Waals surface area (Å²) in [6, 6.07) is 1.28. The predicted molar refractivity (Wildman–Crippen MR) is 46.8 cm³/mol. The molecule has 1 aromatic heterocycles. The number of anilines is 1. The lowest BCUT2D eigenvalue weighted by atomic mass is 10.2. The van der Waals surface area contributed by atoms with Crippen molar-refractivity contribution < 1.29 is 4.79 Å². The Morgan fingerprint density at radius 2 is 2.42 bits per heavy atom. The van der Waals surface area contributed by atoms with Crippen molar-refractivity contribution in [1.82, 2.24) is 4.98 Å². The number of carbonyl (C=O) groups is 1. The van der Waals surface area contributed by atoms with Crippen LogP contribution in [0.1, 0.15) is 12.5 Å². The van der Waals surface area contributed by atoms with E-state index in [2.05, 4.69) is 10.3 Å². The SMILES string of the molecule is CCc1cncc(NC(N)=O)c1. The molecule has 0 aliphatic carbocycles. The topological polar surface area (TPSA) is 68.0 Å². The zero-order valence-electron chi connectivity index (χ0n) is 6.87. The van der Waals surface area contributed by atoms with Crippen molar-refractivity contribution in [3.05, 3.63) is 24.0 Å². The summed E-state index contributed by atoms with van der Waals surface area (Å²) in [5.41, 5.74) is 6.65. The van der Waals surface area contributed by atoms with Crippen LogP contribution >= 0.6 is 0 Å². The Kier molecular flexibility index (Phi) is 2.63.